The van der Waals surface area contributed by atoms with Crippen LogP contribution in [0.15, 0.2) is 54.0 Å². The molecule has 1 aliphatic rings. The van der Waals surface area contributed by atoms with E-state index in [0.717, 1.165) is 61.2 Å². The van der Waals surface area contributed by atoms with Gasteiger partial charge in [0.1, 0.15) is 0 Å². The molecular formula is C24H26N2OS. The number of likely N-dealkylation sites (tertiary alicyclic amines) is 1. The predicted molar refractivity (Wildman–Crippen MR) is 117 cm³/mol. The third-order valence-electron chi connectivity index (χ3n) is 5.32. The van der Waals surface area contributed by atoms with Crippen LogP contribution in [0, 0.1) is 0 Å². The Balaban J connectivity index is 1.48. The molecule has 0 unspecified atom stereocenters. The highest BCUT2D eigenvalue weighted by Crippen LogP contribution is 2.32. The molecule has 1 amide bonds. The summed E-state index contributed by atoms with van der Waals surface area (Å²) in [6, 6.07) is 14.5. The number of amides is 1. The van der Waals surface area contributed by atoms with E-state index in [4.69, 9.17) is 0 Å². The summed E-state index contributed by atoms with van der Waals surface area (Å²) in [6.45, 7) is 3.95. The number of nitrogens with zero attached hydrogens (tertiary/aromatic N) is 2. The van der Waals surface area contributed by atoms with E-state index in [1.54, 1.807) is 11.3 Å². The standard InChI is InChI=1S/C24H26N2OS/c1-2-6-22-12-11-20(16-25-22)23-15-21(17-28-23)18-7-9-19(10-8-18)24(27)26-13-4-3-5-14-26/h7-12,15-17H,2-6,13-14H2,1H3. The summed E-state index contributed by atoms with van der Waals surface area (Å²) < 4.78 is 0. The number of benzene rings is 1. The van der Waals surface area contributed by atoms with Gasteiger partial charge in [0.05, 0.1) is 0 Å². The first-order valence-electron chi connectivity index (χ1n) is 10.2. The van der Waals surface area contributed by atoms with Crippen LogP contribution >= 0.6 is 11.3 Å². The van der Waals surface area contributed by atoms with Gasteiger partial charge in [-0.05, 0) is 66.5 Å². The maximum absolute atomic E-state index is 12.6. The third kappa shape index (κ3) is 4.17. The topological polar surface area (TPSA) is 33.2 Å². The van der Waals surface area contributed by atoms with Crippen LogP contribution in [0.1, 0.15) is 48.7 Å². The Bertz CT molecular complexity index is 922. The summed E-state index contributed by atoms with van der Waals surface area (Å²) in [5, 5.41) is 2.18. The van der Waals surface area contributed by atoms with E-state index in [-0.39, 0.29) is 5.91 Å². The lowest BCUT2D eigenvalue weighted by atomic mass is 10.0. The van der Waals surface area contributed by atoms with Gasteiger partial charge in [-0.3, -0.25) is 9.78 Å². The average Bonchev–Trinajstić information content (AvgIpc) is 3.25. The Morgan fingerprint density at radius 3 is 2.43 bits per heavy atom. The van der Waals surface area contributed by atoms with E-state index >= 15 is 0 Å². The van der Waals surface area contributed by atoms with Crippen molar-refractivity contribution < 1.29 is 4.79 Å². The van der Waals surface area contributed by atoms with Gasteiger partial charge in [0.15, 0.2) is 0 Å². The van der Waals surface area contributed by atoms with Gasteiger partial charge >= 0.3 is 0 Å². The summed E-state index contributed by atoms with van der Waals surface area (Å²) in [7, 11) is 0. The van der Waals surface area contributed by atoms with Gasteiger partial charge in [-0.25, -0.2) is 0 Å². The van der Waals surface area contributed by atoms with Gasteiger partial charge in [-0.1, -0.05) is 31.5 Å². The lowest BCUT2D eigenvalue weighted by Crippen LogP contribution is -2.35. The SMILES string of the molecule is CCCc1ccc(-c2cc(-c3ccc(C(=O)N4CCCCC4)cc3)cs2)cn1. The van der Waals surface area contributed by atoms with Gasteiger partial charge in [0.2, 0.25) is 0 Å². The van der Waals surface area contributed by atoms with Gasteiger partial charge in [-0.15, -0.1) is 11.3 Å². The molecule has 0 radical (unpaired) electrons. The number of pyridine rings is 1. The van der Waals surface area contributed by atoms with Crippen LogP contribution in [0.25, 0.3) is 21.6 Å². The molecule has 0 aliphatic carbocycles. The largest absolute Gasteiger partial charge is 0.339 e. The molecule has 0 saturated carbocycles. The highest BCUT2D eigenvalue weighted by molar-refractivity contribution is 7.14. The zero-order valence-electron chi connectivity index (χ0n) is 16.4. The van der Waals surface area contributed by atoms with Crippen molar-refractivity contribution in [3.8, 4) is 21.6 Å². The smallest absolute Gasteiger partial charge is 0.253 e. The van der Waals surface area contributed by atoms with Crippen molar-refractivity contribution in [3.63, 3.8) is 0 Å². The molecule has 3 nitrogen and oxygen atoms in total. The summed E-state index contributed by atoms with van der Waals surface area (Å²) in [4.78, 5) is 20.4. The Kier molecular flexibility index (Phi) is 5.87. The number of rotatable bonds is 5. The number of hydrogen-bond acceptors (Lipinski definition) is 3. The molecule has 4 rings (SSSR count). The van der Waals surface area contributed by atoms with E-state index in [9.17, 15) is 4.79 Å². The monoisotopic (exact) mass is 390 g/mol. The lowest BCUT2D eigenvalue weighted by Gasteiger charge is -2.26. The van der Waals surface area contributed by atoms with Crippen LogP contribution in [0.2, 0.25) is 0 Å². The highest BCUT2D eigenvalue weighted by Gasteiger charge is 2.18. The minimum atomic E-state index is 0.163. The maximum atomic E-state index is 12.6. The fourth-order valence-electron chi connectivity index (χ4n) is 3.70. The summed E-state index contributed by atoms with van der Waals surface area (Å²) in [5.74, 6) is 0.163. The van der Waals surface area contributed by atoms with E-state index in [1.165, 1.54) is 16.9 Å². The van der Waals surface area contributed by atoms with E-state index in [0.29, 0.717) is 0 Å². The molecule has 28 heavy (non-hydrogen) atoms. The van der Waals surface area contributed by atoms with E-state index in [1.807, 2.05) is 23.2 Å². The van der Waals surface area contributed by atoms with Crippen molar-refractivity contribution in [1.29, 1.82) is 0 Å². The van der Waals surface area contributed by atoms with E-state index in [2.05, 4.69) is 47.6 Å². The predicted octanol–water partition coefficient (Wildman–Crippen LogP) is 6.06. The second-order valence-corrected chi connectivity index (χ2v) is 8.33. The number of aromatic nitrogens is 1. The third-order valence-corrected chi connectivity index (χ3v) is 6.30. The lowest BCUT2D eigenvalue weighted by molar-refractivity contribution is 0.0724. The molecule has 1 aromatic carbocycles. The normalized spacial score (nSPS) is 14.2. The number of carbonyl (C=O) groups excluding carboxylic acids is 1. The molecule has 4 heteroatoms. The Hall–Kier alpha value is -2.46. The van der Waals surface area contributed by atoms with Crippen molar-refractivity contribution in [2.24, 2.45) is 0 Å². The highest BCUT2D eigenvalue weighted by atomic mass is 32.1. The quantitative estimate of drug-likeness (QED) is 0.531. The molecule has 1 aliphatic heterocycles. The second-order valence-electron chi connectivity index (χ2n) is 7.42. The first kappa shape index (κ1) is 18.9. The first-order valence-corrected chi connectivity index (χ1v) is 11.1. The van der Waals surface area contributed by atoms with Crippen molar-refractivity contribution in [1.82, 2.24) is 9.88 Å². The van der Waals surface area contributed by atoms with Crippen molar-refractivity contribution in [2.75, 3.05) is 13.1 Å². The van der Waals surface area contributed by atoms with Crippen LogP contribution in [0.4, 0.5) is 0 Å². The van der Waals surface area contributed by atoms with Crippen LogP contribution in [0.3, 0.4) is 0 Å². The Labute approximate surface area is 171 Å². The Morgan fingerprint density at radius 2 is 1.75 bits per heavy atom. The number of carbonyl (C=O) groups is 1. The molecule has 1 saturated heterocycles. The molecule has 144 valence electrons. The molecule has 2 aromatic heterocycles. The zero-order valence-corrected chi connectivity index (χ0v) is 17.2. The molecule has 3 heterocycles. The van der Waals surface area contributed by atoms with Gasteiger partial charge in [-0.2, -0.15) is 0 Å². The van der Waals surface area contributed by atoms with Gasteiger partial charge < -0.3 is 4.90 Å². The number of aryl methyl sites for hydroxylation is 1. The molecule has 0 N–H and O–H groups in total. The van der Waals surface area contributed by atoms with Crippen LogP contribution in [0.5, 0.6) is 0 Å². The van der Waals surface area contributed by atoms with Gasteiger partial charge in [0, 0.05) is 41.0 Å². The average molecular weight is 391 g/mol. The Morgan fingerprint density at radius 1 is 1.00 bits per heavy atom. The zero-order chi connectivity index (χ0) is 19.3. The fourth-order valence-corrected chi connectivity index (χ4v) is 4.61. The van der Waals surface area contributed by atoms with Crippen LogP contribution < -0.4 is 0 Å². The first-order chi connectivity index (χ1) is 13.7. The molecule has 0 bridgehead atoms. The van der Waals surface area contributed by atoms with Crippen LogP contribution in [-0.4, -0.2) is 28.9 Å². The molecule has 0 spiro atoms. The summed E-state index contributed by atoms with van der Waals surface area (Å²) >= 11 is 1.73. The number of hydrogen-bond donors (Lipinski definition) is 0. The molecular weight excluding hydrogens is 364 g/mol. The summed E-state index contributed by atoms with van der Waals surface area (Å²) in [6.07, 6.45) is 7.59. The minimum Gasteiger partial charge on any atom is -0.339 e. The van der Waals surface area contributed by atoms with Gasteiger partial charge in [0.25, 0.3) is 5.91 Å². The molecule has 0 atom stereocenters. The maximum Gasteiger partial charge on any atom is 0.253 e. The van der Waals surface area contributed by atoms with Crippen molar-refractivity contribution >= 4 is 17.2 Å². The number of thiophene rings is 1. The van der Waals surface area contributed by atoms with Crippen molar-refractivity contribution in [3.05, 3.63) is 65.3 Å². The fraction of sp³-hybridized carbons (Fsp3) is 0.333. The van der Waals surface area contributed by atoms with Crippen LogP contribution in [-0.2, 0) is 6.42 Å². The molecule has 3 aromatic rings. The second kappa shape index (κ2) is 8.70. The summed E-state index contributed by atoms with van der Waals surface area (Å²) in [5.41, 5.74) is 5.43. The van der Waals surface area contributed by atoms with Crippen molar-refractivity contribution in [2.45, 2.75) is 39.0 Å². The number of piperidine rings is 1. The minimum absolute atomic E-state index is 0.163. The van der Waals surface area contributed by atoms with E-state index < -0.39 is 0 Å². The molecule has 1 fully saturated rings.